The average molecular weight is 403 g/mol. The average Bonchev–Trinajstić information content (AvgIpc) is 3.41. The molecule has 6 rings (SSSR count). The van der Waals surface area contributed by atoms with Gasteiger partial charge < -0.3 is 9.72 Å². The molecule has 1 fully saturated rings. The number of carbonyl (C=O) groups is 1. The van der Waals surface area contributed by atoms with Crippen LogP contribution in [0.15, 0.2) is 48.8 Å². The number of esters is 1. The van der Waals surface area contributed by atoms with Crippen molar-refractivity contribution in [2.45, 2.75) is 37.2 Å². The minimum absolute atomic E-state index is 0.242. The lowest BCUT2D eigenvalue weighted by Gasteiger charge is -2.35. The Morgan fingerprint density at radius 2 is 1.93 bits per heavy atom. The topological polar surface area (TPSA) is 85.2 Å². The molecule has 0 atom stereocenters. The van der Waals surface area contributed by atoms with Gasteiger partial charge in [-0.1, -0.05) is 0 Å². The lowest BCUT2D eigenvalue weighted by molar-refractivity contribution is -0.0313. The van der Waals surface area contributed by atoms with Crippen LogP contribution in [-0.4, -0.2) is 30.8 Å². The first-order chi connectivity index (χ1) is 14.6. The van der Waals surface area contributed by atoms with Gasteiger partial charge in [-0.3, -0.25) is 4.98 Å². The lowest BCUT2D eigenvalue weighted by atomic mass is 9.75. The van der Waals surface area contributed by atoms with E-state index < -0.39 is 5.60 Å². The molecule has 0 unspecified atom stereocenters. The molecule has 0 radical (unpaired) electrons. The van der Waals surface area contributed by atoms with Crippen molar-refractivity contribution in [2.75, 3.05) is 0 Å². The zero-order chi connectivity index (χ0) is 20.3. The summed E-state index contributed by atoms with van der Waals surface area (Å²) in [7, 11) is 0. The molecule has 0 amide bonds. The smallest absolute Gasteiger partial charge is 0.339 e. The van der Waals surface area contributed by atoms with Gasteiger partial charge in [0.25, 0.3) is 0 Å². The maximum atomic E-state index is 13.1. The summed E-state index contributed by atoms with van der Waals surface area (Å²) in [5.74, 6) is 0.598. The van der Waals surface area contributed by atoms with Gasteiger partial charge in [0.2, 0.25) is 0 Å². The Kier molecular flexibility index (Phi) is 3.59. The summed E-state index contributed by atoms with van der Waals surface area (Å²) >= 11 is 0. The van der Waals surface area contributed by atoms with E-state index in [2.05, 4.69) is 20.2 Å². The number of nitrogens with zero attached hydrogens (tertiary/aromatic N) is 4. The molecule has 1 aliphatic carbocycles. The number of halogens is 1. The summed E-state index contributed by atoms with van der Waals surface area (Å²) in [5.41, 5.74) is 3.36. The fraction of sp³-hybridized carbons (Fsp3) is 0.273. The van der Waals surface area contributed by atoms with Crippen LogP contribution < -0.4 is 0 Å². The van der Waals surface area contributed by atoms with Gasteiger partial charge in [0.15, 0.2) is 5.65 Å². The summed E-state index contributed by atoms with van der Waals surface area (Å²) in [5, 5.41) is 9.14. The number of nitrogens with one attached hydrogen (secondary N) is 1. The van der Waals surface area contributed by atoms with Crippen molar-refractivity contribution in [2.24, 2.45) is 0 Å². The number of benzene rings is 1. The van der Waals surface area contributed by atoms with E-state index in [0.29, 0.717) is 5.56 Å². The van der Waals surface area contributed by atoms with E-state index in [0.717, 1.165) is 54.0 Å². The Bertz CT molecular complexity index is 1240. The third-order valence-electron chi connectivity index (χ3n) is 6.29. The highest BCUT2D eigenvalue weighted by molar-refractivity contribution is 5.94. The van der Waals surface area contributed by atoms with Gasteiger partial charge >= 0.3 is 5.97 Å². The molecule has 8 heteroatoms. The van der Waals surface area contributed by atoms with Crippen LogP contribution in [0.4, 0.5) is 4.39 Å². The highest BCUT2D eigenvalue weighted by Crippen LogP contribution is 2.49. The first kappa shape index (κ1) is 17.3. The van der Waals surface area contributed by atoms with Crippen LogP contribution in [0, 0.1) is 5.82 Å². The van der Waals surface area contributed by atoms with Crippen molar-refractivity contribution in [3.8, 4) is 11.3 Å². The van der Waals surface area contributed by atoms with Gasteiger partial charge in [0, 0.05) is 35.5 Å². The second-order valence-electron chi connectivity index (χ2n) is 8.00. The third-order valence-corrected chi connectivity index (χ3v) is 6.29. The predicted molar refractivity (Wildman–Crippen MR) is 105 cm³/mol. The van der Waals surface area contributed by atoms with Crippen LogP contribution in [0.5, 0.6) is 0 Å². The van der Waals surface area contributed by atoms with E-state index in [4.69, 9.17) is 4.74 Å². The lowest BCUT2D eigenvalue weighted by Crippen LogP contribution is -2.31. The van der Waals surface area contributed by atoms with Crippen LogP contribution in [-0.2, 0) is 10.3 Å². The van der Waals surface area contributed by atoms with E-state index in [9.17, 15) is 9.18 Å². The quantitative estimate of drug-likeness (QED) is 0.512. The van der Waals surface area contributed by atoms with Crippen molar-refractivity contribution in [3.05, 3.63) is 71.6 Å². The predicted octanol–water partition coefficient (Wildman–Crippen LogP) is 3.98. The van der Waals surface area contributed by atoms with Gasteiger partial charge in [-0.25, -0.2) is 9.18 Å². The Morgan fingerprint density at radius 3 is 2.70 bits per heavy atom. The van der Waals surface area contributed by atoms with Gasteiger partial charge in [0.05, 0.1) is 11.3 Å². The maximum Gasteiger partial charge on any atom is 0.339 e. The van der Waals surface area contributed by atoms with Crippen LogP contribution in [0.1, 0.15) is 53.3 Å². The number of pyridine rings is 1. The van der Waals surface area contributed by atoms with Gasteiger partial charge in [0.1, 0.15) is 17.2 Å². The molecular formula is C22H18FN5O2. The van der Waals surface area contributed by atoms with Gasteiger partial charge in [-0.05, 0) is 56.0 Å². The molecule has 0 saturated heterocycles. The number of ether oxygens (including phenoxy) is 1. The fourth-order valence-electron chi connectivity index (χ4n) is 4.69. The molecule has 1 N–H and O–H groups in total. The largest absolute Gasteiger partial charge is 0.450 e. The standard InChI is InChI=1S/C22H18FN5O2/c23-15-3-1-13(2-4-15)18-11-19-25-20(27-28(19)26-18)14-5-8-22(9-6-14)17-12-24-10-7-16(17)21(29)30-22/h1-4,7,10-12,14H,5-6,8-9H2,(H,25,27). The van der Waals surface area contributed by atoms with E-state index in [1.807, 2.05) is 6.07 Å². The number of carbonyl (C=O) groups excluding carboxylic acids is 1. The maximum absolute atomic E-state index is 13.1. The monoisotopic (exact) mass is 403 g/mol. The highest BCUT2D eigenvalue weighted by atomic mass is 19.1. The number of aromatic nitrogens is 5. The van der Waals surface area contributed by atoms with Crippen LogP contribution in [0.2, 0.25) is 0 Å². The summed E-state index contributed by atoms with van der Waals surface area (Å²) in [4.78, 5) is 19.8. The normalized spacial score (nSPS) is 23.1. The zero-order valence-electron chi connectivity index (χ0n) is 16.0. The van der Waals surface area contributed by atoms with Crippen LogP contribution in [0.25, 0.3) is 16.9 Å². The number of hydrogen-bond acceptors (Lipinski definition) is 5. The second-order valence-corrected chi connectivity index (χ2v) is 8.00. The number of hydrogen-bond donors (Lipinski definition) is 1. The molecule has 30 heavy (non-hydrogen) atoms. The summed E-state index contributed by atoms with van der Waals surface area (Å²) in [6.45, 7) is 0. The first-order valence-electron chi connectivity index (χ1n) is 10.0. The van der Waals surface area contributed by atoms with Crippen molar-refractivity contribution in [3.63, 3.8) is 0 Å². The molecule has 4 heterocycles. The van der Waals surface area contributed by atoms with E-state index in [1.165, 1.54) is 12.1 Å². The molecule has 1 saturated carbocycles. The molecule has 150 valence electrons. The molecule has 7 nitrogen and oxygen atoms in total. The van der Waals surface area contributed by atoms with Crippen molar-refractivity contribution in [1.82, 2.24) is 24.8 Å². The Balaban J connectivity index is 1.23. The minimum atomic E-state index is -0.556. The van der Waals surface area contributed by atoms with Gasteiger partial charge in [-0.15, -0.1) is 14.8 Å². The zero-order valence-corrected chi connectivity index (χ0v) is 16.0. The van der Waals surface area contributed by atoms with Crippen molar-refractivity contribution >= 4 is 11.6 Å². The molecule has 4 aromatic rings. The Hall–Kier alpha value is -3.55. The first-order valence-corrected chi connectivity index (χ1v) is 10.0. The number of aromatic amines is 1. The summed E-state index contributed by atoms with van der Waals surface area (Å²) in [6, 6.07) is 9.89. The Labute approximate surface area is 170 Å². The fourth-order valence-corrected chi connectivity index (χ4v) is 4.69. The molecule has 0 bridgehead atoms. The number of H-pyrrole nitrogens is 1. The highest BCUT2D eigenvalue weighted by Gasteiger charge is 2.48. The summed E-state index contributed by atoms with van der Waals surface area (Å²) < 4.78 is 20.5. The molecular weight excluding hydrogens is 385 g/mol. The molecule has 1 aromatic carbocycles. The van der Waals surface area contributed by atoms with E-state index >= 15 is 0 Å². The summed E-state index contributed by atoms with van der Waals surface area (Å²) in [6.07, 6.45) is 6.58. The Morgan fingerprint density at radius 1 is 1.13 bits per heavy atom. The van der Waals surface area contributed by atoms with Gasteiger partial charge in [-0.2, -0.15) is 0 Å². The van der Waals surface area contributed by atoms with Crippen molar-refractivity contribution in [1.29, 1.82) is 0 Å². The molecule has 1 spiro atoms. The van der Waals surface area contributed by atoms with Crippen molar-refractivity contribution < 1.29 is 13.9 Å². The molecule has 3 aromatic heterocycles. The SMILES string of the molecule is O=C1OC2(CCC(c3nn4nc(-c5ccc(F)cc5)cc4[nH]3)CC2)c2cnccc21. The van der Waals surface area contributed by atoms with E-state index in [1.54, 1.807) is 35.2 Å². The third kappa shape index (κ3) is 2.56. The number of fused-ring (bicyclic) bond motifs is 3. The van der Waals surface area contributed by atoms with E-state index in [-0.39, 0.29) is 17.7 Å². The molecule has 1 aliphatic heterocycles. The second kappa shape index (κ2) is 6.22. The van der Waals surface area contributed by atoms with Crippen LogP contribution >= 0.6 is 0 Å². The minimum Gasteiger partial charge on any atom is -0.450 e. The number of rotatable bonds is 2. The molecule has 2 aliphatic rings. The van der Waals surface area contributed by atoms with Crippen LogP contribution in [0.3, 0.4) is 0 Å².